The number of Topliss-reactive ketones (excluding diaryl/α,β-unsaturated/α-hetero) is 1. The van der Waals surface area contributed by atoms with Gasteiger partial charge in [-0.05, 0) is 18.9 Å². The van der Waals surface area contributed by atoms with Gasteiger partial charge in [-0.3, -0.25) is 4.79 Å². The molecule has 1 saturated heterocycles. The van der Waals surface area contributed by atoms with E-state index in [1.807, 2.05) is 4.90 Å². The molecular weight excluding hydrogens is 294 g/mol. The summed E-state index contributed by atoms with van der Waals surface area (Å²) in [6, 6.07) is 1.67. The molecule has 1 aromatic rings. The van der Waals surface area contributed by atoms with Crippen molar-refractivity contribution >= 4 is 29.3 Å². The maximum absolute atomic E-state index is 12.0. The Morgan fingerprint density at radius 3 is 2.43 bits per heavy atom. The number of pyridine rings is 1. The van der Waals surface area contributed by atoms with Crippen LogP contribution >= 0.6 is 11.6 Å². The Morgan fingerprint density at radius 2 is 1.90 bits per heavy atom. The summed E-state index contributed by atoms with van der Waals surface area (Å²) >= 11 is 6.24. The number of amides is 1. The van der Waals surface area contributed by atoms with E-state index in [1.165, 1.54) is 4.90 Å². The van der Waals surface area contributed by atoms with Crippen molar-refractivity contribution in [1.29, 1.82) is 0 Å². The molecule has 6 nitrogen and oxygen atoms in total. The highest BCUT2D eigenvalue weighted by Gasteiger charge is 2.31. The average Bonchev–Trinajstić information content (AvgIpc) is 3.31. The van der Waals surface area contributed by atoms with E-state index >= 15 is 0 Å². The molecule has 0 atom stereocenters. The van der Waals surface area contributed by atoms with E-state index in [4.69, 9.17) is 16.7 Å². The molecule has 1 amide bonds. The fraction of sp³-hybridized carbons (Fsp3) is 0.500. The fourth-order valence-electron chi connectivity index (χ4n) is 2.49. The monoisotopic (exact) mass is 309 g/mol. The molecule has 2 heterocycles. The number of carboxylic acid groups (broad SMARTS) is 1. The second-order valence-corrected chi connectivity index (χ2v) is 5.83. The molecule has 3 rings (SSSR count). The van der Waals surface area contributed by atoms with Crippen LogP contribution in [0.1, 0.15) is 23.2 Å². The summed E-state index contributed by atoms with van der Waals surface area (Å²) in [5.74, 6) is 0.883. The van der Waals surface area contributed by atoms with Crippen LogP contribution in [0.15, 0.2) is 12.3 Å². The molecule has 1 aliphatic carbocycles. The number of ketones is 1. The number of hydrogen-bond donors (Lipinski definition) is 1. The summed E-state index contributed by atoms with van der Waals surface area (Å²) in [5, 5.41) is 9.38. The Labute approximate surface area is 127 Å². The molecule has 2 fully saturated rings. The van der Waals surface area contributed by atoms with Crippen molar-refractivity contribution in [2.75, 3.05) is 31.1 Å². The summed E-state index contributed by atoms with van der Waals surface area (Å²) in [5.41, 5.74) is 0.565. The van der Waals surface area contributed by atoms with Gasteiger partial charge >= 0.3 is 6.09 Å². The number of nitrogens with zero attached hydrogens (tertiary/aromatic N) is 3. The third kappa shape index (κ3) is 2.95. The SMILES string of the molecule is O=C(c1cnc(N2CCN(C(=O)O)CC2)c(Cl)c1)C1CC1. The summed E-state index contributed by atoms with van der Waals surface area (Å²) in [6.07, 6.45) is 2.58. The van der Waals surface area contributed by atoms with Gasteiger partial charge in [0.05, 0.1) is 5.02 Å². The van der Waals surface area contributed by atoms with E-state index < -0.39 is 6.09 Å². The van der Waals surface area contributed by atoms with Gasteiger partial charge in [0.25, 0.3) is 0 Å². The number of piperazine rings is 1. The van der Waals surface area contributed by atoms with E-state index in [2.05, 4.69) is 4.98 Å². The number of halogens is 1. The van der Waals surface area contributed by atoms with Crippen LogP contribution in [0.3, 0.4) is 0 Å². The lowest BCUT2D eigenvalue weighted by molar-refractivity contribution is 0.0967. The van der Waals surface area contributed by atoms with Gasteiger partial charge in [-0.2, -0.15) is 0 Å². The maximum atomic E-state index is 12.0. The molecule has 0 spiro atoms. The number of carbonyl (C=O) groups is 2. The zero-order chi connectivity index (χ0) is 15.0. The van der Waals surface area contributed by atoms with Gasteiger partial charge in [-0.15, -0.1) is 0 Å². The predicted molar refractivity (Wildman–Crippen MR) is 78.1 cm³/mol. The molecule has 112 valence electrons. The second kappa shape index (κ2) is 5.52. The highest BCUT2D eigenvalue weighted by Crippen LogP contribution is 2.34. The molecule has 2 aliphatic rings. The minimum atomic E-state index is -0.904. The van der Waals surface area contributed by atoms with Gasteiger partial charge in [-0.25, -0.2) is 9.78 Å². The Kier molecular flexibility index (Phi) is 3.71. The molecule has 1 aromatic heterocycles. The molecule has 0 radical (unpaired) electrons. The average molecular weight is 310 g/mol. The van der Waals surface area contributed by atoms with E-state index in [9.17, 15) is 9.59 Å². The number of hydrogen-bond acceptors (Lipinski definition) is 4. The van der Waals surface area contributed by atoms with Crippen molar-refractivity contribution in [1.82, 2.24) is 9.88 Å². The number of carbonyl (C=O) groups excluding carboxylic acids is 1. The van der Waals surface area contributed by atoms with E-state index in [1.54, 1.807) is 12.3 Å². The van der Waals surface area contributed by atoms with E-state index in [-0.39, 0.29) is 11.7 Å². The van der Waals surface area contributed by atoms with Crippen LogP contribution in [-0.4, -0.2) is 53.0 Å². The standard InChI is InChI=1S/C14H16ClN3O3/c15-11-7-10(12(19)9-1-2-9)8-16-13(11)17-3-5-18(6-4-17)14(20)21/h7-9H,1-6H2,(H,20,21). The zero-order valence-electron chi connectivity index (χ0n) is 11.5. The summed E-state index contributed by atoms with van der Waals surface area (Å²) in [7, 11) is 0. The van der Waals surface area contributed by atoms with Gasteiger partial charge in [-0.1, -0.05) is 11.6 Å². The lowest BCUT2D eigenvalue weighted by atomic mass is 10.1. The van der Waals surface area contributed by atoms with Crippen LogP contribution in [0.2, 0.25) is 5.02 Å². The third-order valence-corrected chi connectivity index (χ3v) is 4.18. The Hall–Kier alpha value is -1.82. The summed E-state index contributed by atoms with van der Waals surface area (Å²) < 4.78 is 0. The van der Waals surface area contributed by atoms with Gasteiger partial charge in [0, 0.05) is 43.9 Å². The Bertz CT molecular complexity index is 581. The van der Waals surface area contributed by atoms with Crippen molar-refractivity contribution in [3.05, 3.63) is 22.8 Å². The minimum absolute atomic E-state index is 0.117. The number of rotatable bonds is 3. The first-order chi connectivity index (χ1) is 10.1. The van der Waals surface area contributed by atoms with Crippen molar-refractivity contribution in [2.45, 2.75) is 12.8 Å². The third-order valence-electron chi connectivity index (χ3n) is 3.90. The Morgan fingerprint density at radius 1 is 1.24 bits per heavy atom. The fourth-order valence-corrected chi connectivity index (χ4v) is 2.77. The van der Waals surface area contributed by atoms with Crippen LogP contribution in [0, 0.1) is 5.92 Å². The van der Waals surface area contributed by atoms with Gasteiger partial charge in [0.2, 0.25) is 0 Å². The van der Waals surface area contributed by atoms with Crippen LogP contribution in [0.5, 0.6) is 0 Å². The quantitative estimate of drug-likeness (QED) is 0.866. The number of anilines is 1. The molecule has 0 aromatic carbocycles. The van der Waals surface area contributed by atoms with Crippen LogP contribution < -0.4 is 4.90 Å². The predicted octanol–water partition coefficient (Wildman–Crippen LogP) is 2.13. The molecule has 0 bridgehead atoms. The van der Waals surface area contributed by atoms with Crippen molar-refractivity contribution in [3.8, 4) is 0 Å². The lowest BCUT2D eigenvalue weighted by Gasteiger charge is -2.34. The molecule has 1 aliphatic heterocycles. The van der Waals surface area contributed by atoms with Crippen molar-refractivity contribution < 1.29 is 14.7 Å². The molecule has 1 saturated carbocycles. The van der Waals surface area contributed by atoms with Gasteiger partial charge in [0.1, 0.15) is 5.82 Å². The van der Waals surface area contributed by atoms with Crippen LogP contribution in [-0.2, 0) is 0 Å². The zero-order valence-corrected chi connectivity index (χ0v) is 12.2. The molecule has 7 heteroatoms. The summed E-state index contributed by atoms with van der Waals surface area (Å²) in [6.45, 7) is 1.95. The normalized spacial score (nSPS) is 18.7. The largest absolute Gasteiger partial charge is 0.465 e. The van der Waals surface area contributed by atoms with Crippen molar-refractivity contribution in [3.63, 3.8) is 0 Å². The number of aromatic nitrogens is 1. The molecule has 0 unspecified atom stereocenters. The van der Waals surface area contributed by atoms with Crippen molar-refractivity contribution in [2.24, 2.45) is 5.92 Å². The Balaban J connectivity index is 1.71. The van der Waals surface area contributed by atoms with Crippen LogP contribution in [0.4, 0.5) is 10.6 Å². The molecule has 1 N–H and O–H groups in total. The summed E-state index contributed by atoms with van der Waals surface area (Å²) in [4.78, 5) is 30.5. The first-order valence-corrected chi connectivity index (χ1v) is 7.36. The molecule has 21 heavy (non-hydrogen) atoms. The first-order valence-electron chi connectivity index (χ1n) is 6.99. The van der Waals surface area contributed by atoms with Crippen LogP contribution in [0.25, 0.3) is 0 Å². The van der Waals surface area contributed by atoms with E-state index in [0.717, 1.165) is 12.8 Å². The minimum Gasteiger partial charge on any atom is -0.465 e. The van der Waals surface area contributed by atoms with Gasteiger partial charge < -0.3 is 14.9 Å². The highest BCUT2D eigenvalue weighted by atomic mass is 35.5. The smallest absolute Gasteiger partial charge is 0.407 e. The second-order valence-electron chi connectivity index (χ2n) is 5.42. The first kappa shape index (κ1) is 14.1. The molecular formula is C14H16ClN3O3. The van der Waals surface area contributed by atoms with Gasteiger partial charge in [0.15, 0.2) is 5.78 Å². The highest BCUT2D eigenvalue weighted by molar-refractivity contribution is 6.33. The van der Waals surface area contributed by atoms with E-state index in [0.29, 0.717) is 42.6 Å². The lowest BCUT2D eigenvalue weighted by Crippen LogP contribution is -2.48. The topological polar surface area (TPSA) is 73.7 Å². The maximum Gasteiger partial charge on any atom is 0.407 e.